The molecule has 84 valence electrons. The Balaban J connectivity index is 2.54. The van der Waals surface area contributed by atoms with E-state index in [1.807, 2.05) is 0 Å². The first-order valence-corrected chi connectivity index (χ1v) is 5.53. The van der Waals surface area contributed by atoms with E-state index in [9.17, 15) is 14.7 Å². The predicted molar refractivity (Wildman–Crippen MR) is 59.4 cm³/mol. The zero-order chi connectivity index (χ0) is 11.9. The van der Waals surface area contributed by atoms with Gasteiger partial charge in [-0.1, -0.05) is 22.0 Å². The highest BCUT2D eigenvalue weighted by Crippen LogP contribution is 2.30. The van der Waals surface area contributed by atoms with E-state index in [2.05, 4.69) is 15.9 Å². The monoisotopic (exact) mass is 284 g/mol. The Morgan fingerprint density at radius 3 is 2.75 bits per heavy atom. The average Bonchev–Trinajstić information content (AvgIpc) is 2.24. The number of carbonyl (C=O) groups excluding carboxylic acids is 1. The van der Waals surface area contributed by atoms with Crippen LogP contribution in [-0.2, 0) is 11.2 Å². The van der Waals surface area contributed by atoms with Crippen LogP contribution in [-0.4, -0.2) is 27.6 Å². The van der Waals surface area contributed by atoms with Gasteiger partial charge in [-0.25, -0.2) is 4.79 Å². The molecule has 2 N–H and O–H groups in total. The van der Waals surface area contributed by atoms with E-state index in [1.54, 1.807) is 18.2 Å². The van der Waals surface area contributed by atoms with Gasteiger partial charge in [-0.3, -0.25) is 4.79 Å². The smallest absolute Gasteiger partial charge is 0.343 e. The number of aliphatic hydroxyl groups is 1. The lowest BCUT2D eigenvalue weighted by molar-refractivity contribution is -0.154. The SMILES string of the molecule is O=C(O)C1(O)CCc2ccc(Br)cc2C1=O. The van der Waals surface area contributed by atoms with Crippen molar-refractivity contribution in [3.05, 3.63) is 33.8 Å². The highest BCUT2D eigenvalue weighted by atomic mass is 79.9. The van der Waals surface area contributed by atoms with Crippen LogP contribution in [0.15, 0.2) is 22.7 Å². The average molecular weight is 285 g/mol. The number of Topliss-reactive ketones (excluding diaryl/α,β-unsaturated/α-hetero) is 1. The standard InChI is InChI=1S/C11H9BrO4/c12-7-2-1-6-3-4-11(16,10(14)15)9(13)8(6)5-7/h1-2,5,16H,3-4H2,(H,14,15). The Morgan fingerprint density at radius 1 is 1.44 bits per heavy atom. The molecule has 0 fully saturated rings. The summed E-state index contributed by atoms with van der Waals surface area (Å²) in [5.41, 5.74) is -1.21. The number of hydrogen-bond donors (Lipinski definition) is 2. The van der Waals surface area contributed by atoms with Crippen LogP contribution in [0.4, 0.5) is 0 Å². The maximum Gasteiger partial charge on any atom is 0.343 e. The lowest BCUT2D eigenvalue weighted by Crippen LogP contribution is -2.49. The number of benzene rings is 1. The van der Waals surface area contributed by atoms with E-state index < -0.39 is 17.4 Å². The third-order valence-corrected chi connectivity index (χ3v) is 3.30. The summed E-state index contributed by atoms with van der Waals surface area (Å²) >= 11 is 3.21. The number of hydrogen-bond acceptors (Lipinski definition) is 3. The van der Waals surface area contributed by atoms with Gasteiger partial charge in [0.2, 0.25) is 11.4 Å². The summed E-state index contributed by atoms with van der Waals surface area (Å²) < 4.78 is 0.689. The molecule has 0 spiro atoms. The number of aryl methyl sites for hydroxylation is 1. The second-order valence-electron chi connectivity index (χ2n) is 3.80. The highest BCUT2D eigenvalue weighted by Gasteiger charge is 2.47. The molecule has 1 aliphatic carbocycles. The molecule has 1 aromatic rings. The molecule has 0 aliphatic heterocycles. The summed E-state index contributed by atoms with van der Waals surface area (Å²) in [6.07, 6.45) is 0.312. The first-order chi connectivity index (χ1) is 7.45. The molecule has 0 aromatic heterocycles. The van der Waals surface area contributed by atoms with Crippen LogP contribution in [0.1, 0.15) is 22.3 Å². The molecule has 16 heavy (non-hydrogen) atoms. The van der Waals surface area contributed by atoms with Crippen molar-refractivity contribution in [3.63, 3.8) is 0 Å². The number of carboxylic acids is 1. The number of ketones is 1. The van der Waals surface area contributed by atoms with E-state index >= 15 is 0 Å². The van der Waals surface area contributed by atoms with Crippen molar-refractivity contribution in [2.75, 3.05) is 0 Å². The van der Waals surface area contributed by atoms with Crippen LogP contribution < -0.4 is 0 Å². The van der Waals surface area contributed by atoms with Crippen molar-refractivity contribution in [2.45, 2.75) is 18.4 Å². The number of halogens is 1. The van der Waals surface area contributed by atoms with Crippen molar-refractivity contribution in [2.24, 2.45) is 0 Å². The van der Waals surface area contributed by atoms with Crippen LogP contribution in [0.2, 0.25) is 0 Å². The molecule has 1 aromatic carbocycles. The zero-order valence-corrected chi connectivity index (χ0v) is 9.82. The van der Waals surface area contributed by atoms with Crippen molar-refractivity contribution < 1.29 is 19.8 Å². The van der Waals surface area contributed by atoms with E-state index in [0.717, 1.165) is 5.56 Å². The third kappa shape index (κ3) is 1.56. The number of carboxylic acid groups (broad SMARTS) is 1. The van der Waals surface area contributed by atoms with Crippen LogP contribution in [0, 0.1) is 0 Å². The van der Waals surface area contributed by atoms with Gasteiger partial charge in [0.25, 0.3) is 0 Å². The summed E-state index contributed by atoms with van der Waals surface area (Å²) in [5, 5.41) is 18.7. The summed E-state index contributed by atoms with van der Waals surface area (Å²) in [7, 11) is 0. The Bertz CT molecular complexity index is 483. The van der Waals surface area contributed by atoms with Crippen LogP contribution in [0.3, 0.4) is 0 Å². The molecule has 4 nitrogen and oxygen atoms in total. The molecule has 0 saturated carbocycles. The normalized spacial score (nSPS) is 24.0. The molecule has 0 radical (unpaired) electrons. The largest absolute Gasteiger partial charge is 0.479 e. The highest BCUT2D eigenvalue weighted by molar-refractivity contribution is 9.10. The predicted octanol–water partition coefficient (Wildman–Crippen LogP) is 1.39. The molecule has 5 heteroatoms. The summed E-state index contributed by atoms with van der Waals surface area (Å²) in [6.45, 7) is 0. The number of aliphatic carboxylic acids is 1. The minimum absolute atomic E-state index is 0.0736. The lowest BCUT2D eigenvalue weighted by Gasteiger charge is -2.27. The van der Waals surface area contributed by atoms with Crippen LogP contribution in [0.5, 0.6) is 0 Å². The van der Waals surface area contributed by atoms with E-state index in [0.29, 0.717) is 10.9 Å². The molecule has 0 saturated heterocycles. The topological polar surface area (TPSA) is 74.6 Å². The molecule has 0 heterocycles. The van der Waals surface area contributed by atoms with Crippen LogP contribution >= 0.6 is 15.9 Å². The molecule has 1 atom stereocenters. The maximum atomic E-state index is 11.9. The summed E-state index contributed by atoms with van der Waals surface area (Å²) in [4.78, 5) is 22.8. The van der Waals surface area contributed by atoms with E-state index in [4.69, 9.17) is 5.11 Å². The molecule has 2 rings (SSSR count). The van der Waals surface area contributed by atoms with Gasteiger partial charge < -0.3 is 10.2 Å². The summed E-state index contributed by atoms with van der Waals surface area (Å²) in [5.74, 6) is -2.22. The third-order valence-electron chi connectivity index (χ3n) is 2.80. The Kier molecular flexibility index (Phi) is 2.59. The van der Waals surface area contributed by atoms with Gasteiger partial charge in [-0.15, -0.1) is 0 Å². The maximum absolute atomic E-state index is 11.9. The van der Waals surface area contributed by atoms with E-state index in [-0.39, 0.29) is 12.0 Å². The quantitative estimate of drug-likeness (QED) is 0.765. The lowest BCUT2D eigenvalue weighted by atomic mass is 9.79. The number of fused-ring (bicyclic) bond motifs is 1. The molecular weight excluding hydrogens is 276 g/mol. The van der Waals surface area contributed by atoms with Gasteiger partial charge >= 0.3 is 5.97 Å². The molecule has 0 bridgehead atoms. The van der Waals surface area contributed by atoms with Crippen molar-refractivity contribution in [1.82, 2.24) is 0 Å². The molecule has 0 amide bonds. The first-order valence-electron chi connectivity index (χ1n) is 4.74. The summed E-state index contributed by atoms with van der Waals surface area (Å²) in [6, 6.07) is 5.10. The van der Waals surface area contributed by atoms with E-state index in [1.165, 1.54) is 0 Å². The number of rotatable bonds is 1. The van der Waals surface area contributed by atoms with Gasteiger partial charge in [-0.05, 0) is 30.5 Å². The van der Waals surface area contributed by atoms with Gasteiger partial charge in [0.05, 0.1) is 0 Å². The van der Waals surface area contributed by atoms with Crippen molar-refractivity contribution >= 4 is 27.7 Å². The zero-order valence-electron chi connectivity index (χ0n) is 8.24. The fraction of sp³-hybridized carbons (Fsp3) is 0.273. The van der Waals surface area contributed by atoms with Gasteiger partial charge in [0.15, 0.2) is 0 Å². The fourth-order valence-electron chi connectivity index (χ4n) is 1.83. The second kappa shape index (κ2) is 3.68. The minimum atomic E-state index is -2.27. The van der Waals surface area contributed by atoms with Gasteiger partial charge in [0, 0.05) is 10.0 Å². The fourth-order valence-corrected chi connectivity index (χ4v) is 2.20. The Morgan fingerprint density at radius 2 is 2.12 bits per heavy atom. The Hall–Kier alpha value is -1.20. The Labute approximate surface area is 100 Å². The van der Waals surface area contributed by atoms with Gasteiger partial charge in [0.1, 0.15) is 0 Å². The van der Waals surface area contributed by atoms with Crippen LogP contribution in [0.25, 0.3) is 0 Å². The molecule has 1 aliphatic rings. The molecule has 1 unspecified atom stereocenters. The van der Waals surface area contributed by atoms with Crippen molar-refractivity contribution in [3.8, 4) is 0 Å². The first kappa shape index (κ1) is 11.3. The van der Waals surface area contributed by atoms with Crippen molar-refractivity contribution in [1.29, 1.82) is 0 Å². The minimum Gasteiger partial charge on any atom is -0.479 e. The molecular formula is C11H9BrO4. The second-order valence-corrected chi connectivity index (χ2v) is 4.71. The number of carbonyl (C=O) groups is 2. The van der Waals surface area contributed by atoms with Gasteiger partial charge in [-0.2, -0.15) is 0 Å².